The van der Waals surface area contributed by atoms with Gasteiger partial charge in [-0.05, 0) is 0 Å². The van der Waals surface area contributed by atoms with Crippen molar-refractivity contribution in [3.63, 3.8) is 0 Å². The molecule has 1 fully saturated rings. The Morgan fingerprint density at radius 3 is 2.30 bits per heavy atom. The Balaban J connectivity index is 0.00000180. The highest BCUT2D eigenvalue weighted by Crippen LogP contribution is 2.34. The number of nitrogens with one attached hydrogen (secondary N) is 1. The van der Waals surface area contributed by atoms with Crippen molar-refractivity contribution in [3.05, 3.63) is 28.0 Å². The fraction of sp³-hybridized carbons (Fsp3) is 0.500. The van der Waals surface area contributed by atoms with E-state index in [0.29, 0.717) is 16.5 Å². The summed E-state index contributed by atoms with van der Waals surface area (Å²) in [5, 5.41) is 13.4. The number of aromatic nitrogens is 1. The fourth-order valence-corrected chi connectivity index (χ4v) is 2.85. The first kappa shape index (κ1) is 19.7. The third-order valence-corrected chi connectivity index (χ3v) is 3.70. The molecule has 1 N–H and O–H groups in total. The zero-order chi connectivity index (χ0) is 13.0. The van der Waals surface area contributed by atoms with Gasteiger partial charge in [0.15, 0.2) is 0 Å². The summed E-state index contributed by atoms with van der Waals surface area (Å²) >= 11 is 12.4. The molecule has 0 unspecified atom stereocenters. The number of nitrogens with zero attached hydrogens (tertiary/aromatic N) is 3. The van der Waals surface area contributed by atoms with E-state index in [9.17, 15) is 0 Å². The van der Waals surface area contributed by atoms with Crippen LogP contribution in [-0.4, -0.2) is 36.1 Å². The van der Waals surface area contributed by atoms with E-state index in [-0.39, 0.29) is 30.9 Å². The van der Waals surface area contributed by atoms with Crippen molar-refractivity contribution in [1.82, 2.24) is 15.2 Å². The summed E-state index contributed by atoms with van der Waals surface area (Å²) < 4.78 is 0. The van der Waals surface area contributed by atoms with Gasteiger partial charge in [0.1, 0.15) is 0 Å². The van der Waals surface area contributed by atoms with Gasteiger partial charge in [0.25, 0.3) is 0 Å². The average Bonchev–Trinajstić information content (AvgIpc) is 2.38. The second kappa shape index (κ2) is 9.62. The SMILES string of the molecule is Cl.Cl.N#CC[C@H](c1c(Cl)cncc1Cl)N1CCNCC1. The Kier molecular flexibility index (Phi) is 9.48. The van der Waals surface area contributed by atoms with Crippen molar-refractivity contribution >= 4 is 48.0 Å². The predicted octanol–water partition coefficient (Wildman–Crippen LogP) is 3.09. The molecule has 1 aromatic heterocycles. The smallest absolute Gasteiger partial charge is 0.0652 e. The summed E-state index contributed by atoms with van der Waals surface area (Å²) in [7, 11) is 0. The van der Waals surface area contributed by atoms with Gasteiger partial charge in [-0.3, -0.25) is 9.88 Å². The Bertz CT molecular complexity index is 437. The molecule has 1 aliphatic heterocycles. The van der Waals surface area contributed by atoms with E-state index in [4.69, 9.17) is 28.5 Å². The van der Waals surface area contributed by atoms with Crippen molar-refractivity contribution in [3.8, 4) is 6.07 Å². The van der Waals surface area contributed by atoms with Crippen molar-refractivity contribution in [2.24, 2.45) is 0 Å². The molecule has 4 nitrogen and oxygen atoms in total. The van der Waals surface area contributed by atoms with Gasteiger partial charge in [-0.15, -0.1) is 24.8 Å². The normalized spacial score (nSPS) is 16.4. The first-order valence-electron chi connectivity index (χ1n) is 5.84. The molecule has 0 saturated carbocycles. The van der Waals surface area contributed by atoms with Gasteiger partial charge in [-0.1, -0.05) is 23.2 Å². The Morgan fingerprint density at radius 2 is 1.80 bits per heavy atom. The molecule has 1 aromatic rings. The molecular formula is C12H16Cl4N4. The number of halogens is 4. The van der Waals surface area contributed by atoms with Gasteiger partial charge < -0.3 is 5.32 Å². The standard InChI is InChI=1S/C12H14Cl2N4.2ClH/c13-9-7-17-8-10(14)12(9)11(1-2-15)18-5-3-16-4-6-18;;/h7-8,11,16H,1,3-6H2;2*1H/t11-;;/m1../s1. The minimum Gasteiger partial charge on any atom is -0.314 e. The van der Waals surface area contributed by atoms with Crippen molar-refractivity contribution in [1.29, 1.82) is 5.26 Å². The lowest BCUT2D eigenvalue weighted by Crippen LogP contribution is -2.45. The van der Waals surface area contributed by atoms with Crippen LogP contribution in [0.15, 0.2) is 12.4 Å². The van der Waals surface area contributed by atoms with Crippen LogP contribution in [0.2, 0.25) is 10.0 Å². The maximum absolute atomic E-state index is 9.02. The summed E-state index contributed by atoms with van der Waals surface area (Å²) in [6, 6.07) is 2.16. The molecule has 1 saturated heterocycles. The average molecular weight is 358 g/mol. The molecule has 8 heteroatoms. The Morgan fingerprint density at radius 1 is 1.25 bits per heavy atom. The molecule has 1 aliphatic rings. The molecule has 2 heterocycles. The van der Waals surface area contributed by atoms with Gasteiger partial charge in [-0.2, -0.15) is 5.26 Å². The Labute approximate surface area is 141 Å². The molecule has 0 spiro atoms. The number of pyridine rings is 1. The lowest BCUT2D eigenvalue weighted by Gasteiger charge is -2.34. The second-order valence-corrected chi connectivity index (χ2v) is 5.00. The van der Waals surface area contributed by atoms with E-state index >= 15 is 0 Å². The van der Waals surface area contributed by atoms with Crippen molar-refractivity contribution in [2.75, 3.05) is 26.2 Å². The maximum Gasteiger partial charge on any atom is 0.0652 e. The van der Waals surface area contributed by atoms with Crippen LogP contribution in [0.5, 0.6) is 0 Å². The minimum atomic E-state index is -0.0555. The van der Waals surface area contributed by atoms with Crippen LogP contribution in [0.3, 0.4) is 0 Å². The molecule has 0 radical (unpaired) electrons. The van der Waals surface area contributed by atoms with Gasteiger partial charge in [0, 0.05) is 44.1 Å². The minimum absolute atomic E-state index is 0. The summed E-state index contributed by atoms with van der Waals surface area (Å²) in [5.74, 6) is 0. The van der Waals surface area contributed by atoms with E-state index in [1.807, 2.05) is 0 Å². The maximum atomic E-state index is 9.02. The number of nitriles is 1. The number of rotatable bonds is 3. The van der Waals surface area contributed by atoms with Crippen LogP contribution in [0.25, 0.3) is 0 Å². The third kappa shape index (κ3) is 4.63. The zero-order valence-corrected chi connectivity index (χ0v) is 13.8. The van der Waals surface area contributed by atoms with E-state index in [1.165, 1.54) is 0 Å². The molecule has 1 atom stereocenters. The van der Waals surface area contributed by atoms with E-state index in [1.54, 1.807) is 12.4 Å². The monoisotopic (exact) mass is 356 g/mol. The van der Waals surface area contributed by atoms with Gasteiger partial charge in [0.2, 0.25) is 0 Å². The highest BCUT2D eigenvalue weighted by Gasteiger charge is 2.26. The summed E-state index contributed by atoms with van der Waals surface area (Å²) in [6.07, 6.45) is 3.54. The van der Waals surface area contributed by atoms with E-state index < -0.39 is 0 Å². The van der Waals surface area contributed by atoms with Crippen LogP contribution in [0, 0.1) is 11.3 Å². The molecule has 112 valence electrons. The first-order valence-corrected chi connectivity index (χ1v) is 6.60. The van der Waals surface area contributed by atoms with Gasteiger partial charge in [-0.25, -0.2) is 0 Å². The number of piperazine rings is 1. The fourth-order valence-electron chi connectivity index (χ4n) is 2.23. The van der Waals surface area contributed by atoms with Crippen molar-refractivity contribution in [2.45, 2.75) is 12.5 Å². The molecule has 0 bridgehead atoms. The number of hydrogen-bond donors (Lipinski definition) is 1. The lowest BCUT2D eigenvalue weighted by atomic mass is 10.0. The van der Waals surface area contributed by atoms with Gasteiger partial charge in [0.05, 0.1) is 28.6 Å². The molecule has 2 rings (SSSR count). The van der Waals surface area contributed by atoms with Crippen LogP contribution in [0.1, 0.15) is 18.0 Å². The predicted molar refractivity (Wildman–Crippen MR) is 86.2 cm³/mol. The lowest BCUT2D eigenvalue weighted by molar-refractivity contribution is 0.175. The second-order valence-electron chi connectivity index (χ2n) is 4.18. The molecule has 0 aliphatic carbocycles. The molecule has 0 amide bonds. The summed E-state index contributed by atoms with van der Waals surface area (Å²) in [4.78, 5) is 6.20. The van der Waals surface area contributed by atoms with Crippen LogP contribution >= 0.6 is 48.0 Å². The highest BCUT2D eigenvalue weighted by atomic mass is 35.5. The Hall–Kier alpha value is -0.280. The quantitative estimate of drug-likeness (QED) is 0.903. The molecular weight excluding hydrogens is 342 g/mol. The number of hydrogen-bond acceptors (Lipinski definition) is 4. The first-order chi connectivity index (χ1) is 8.74. The third-order valence-electron chi connectivity index (χ3n) is 3.10. The zero-order valence-electron chi connectivity index (χ0n) is 10.7. The topological polar surface area (TPSA) is 52.0 Å². The largest absolute Gasteiger partial charge is 0.314 e. The van der Waals surface area contributed by atoms with Gasteiger partial charge >= 0.3 is 0 Å². The van der Waals surface area contributed by atoms with E-state index in [2.05, 4.69) is 21.3 Å². The van der Waals surface area contributed by atoms with E-state index in [0.717, 1.165) is 31.7 Å². The summed E-state index contributed by atoms with van der Waals surface area (Å²) in [5.41, 5.74) is 0.816. The highest BCUT2D eigenvalue weighted by molar-refractivity contribution is 6.35. The summed E-state index contributed by atoms with van der Waals surface area (Å²) in [6.45, 7) is 3.62. The molecule has 20 heavy (non-hydrogen) atoms. The van der Waals surface area contributed by atoms with Crippen LogP contribution in [0.4, 0.5) is 0 Å². The molecule has 0 aromatic carbocycles. The van der Waals surface area contributed by atoms with Crippen molar-refractivity contribution < 1.29 is 0 Å². The van der Waals surface area contributed by atoms with Crippen LogP contribution in [-0.2, 0) is 0 Å². The van der Waals surface area contributed by atoms with Crippen LogP contribution < -0.4 is 5.32 Å².